The van der Waals surface area contributed by atoms with Crippen molar-refractivity contribution in [3.8, 4) is 0 Å². The van der Waals surface area contributed by atoms with E-state index in [0.29, 0.717) is 19.6 Å². The Labute approximate surface area is 74.5 Å². The van der Waals surface area contributed by atoms with E-state index in [1.807, 2.05) is 0 Å². The third-order valence-electron chi connectivity index (χ3n) is 1.54. The molecular weight excluding hydrogens is 154 g/mol. The summed E-state index contributed by atoms with van der Waals surface area (Å²) >= 11 is 0. The van der Waals surface area contributed by atoms with Crippen molar-refractivity contribution in [1.29, 1.82) is 0 Å². The van der Waals surface area contributed by atoms with Gasteiger partial charge in [0, 0.05) is 13.2 Å². The van der Waals surface area contributed by atoms with Crippen LogP contribution in [-0.2, 0) is 9.53 Å². The van der Waals surface area contributed by atoms with Crippen LogP contribution in [0, 0.1) is 5.92 Å². The monoisotopic (exact) mass is 173 g/mol. The van der Waals surface area contributed by atoms with Crippen molar-refractivity contribution < 1.29 is 9.53 Å². The topological polar surface area (TPSA) is 38.3 Å². The fourth-order valence-electron chi connectivity index (χ4n) is 0.886. The van der Waals surface area contributed by atoms with Crippen LogP contribution in [0.4, 0.5) is 0 Å². The van der Waals surface area contributed by atoms with Gasteiger partial charge in [-0.25, -0.2) is 0 Å². The van der Waals surface area contributed by atoms with E-state index in [1.54, 1.807) is 0 Å². The highest BCUT2D eigenvalue weighted by atomic mass is 16.5. The summed E-state index contributed by atoms with van der Waals surface area (Å²) < 4.78 is 5.26. The average Bonchev–Trinajstić information content (AvgIpc) is 2.02. The first-order chi connectivity index (χ1) is 5.77. The van der Waals surface area contributed by atoms with Crippen molar-refractivity contribution in [2.24, 2.45) is 5.92 Å². The van der Waals surface area contributed by atoms with E-state index in [2.05, 4.69) is 19.2 Å². The minimum Gasteiger partial charge on any atom is -0.380 e. The van der Waals surface area contributed by atoms with Gasteiger partial charge in [0.2, 0.25) is 6.41 Å². The van der Waals surface area contributed by atoms with Crippen LogP contribution in [0.15, 0.2) is 0 Å². The number of hydrogen-bond acceptors (Lipinski definition) is 2. The fourth-order valence-corrected chi connectivity index (χ4v) is 0.886. The SMILES string of the molecule is CC(C)CCCOCCNC=O. The highest BCUT2D eigenvalue weighted by molar-refractivity contribution is 5.45. The molecule has 0 fully saturated rings. The van der Waals surface area contributed by atoms with E-state index in [-0.39, 0.29) is 0 Å². The molecule has 0 unspecified atom stereocenters. The molecule has 0 saturated carbocycles. The second-order valence-corrected chi connectivity index (χ2v) is 3.22. The molecule has 0 aliphatic heterocycles. The van der Waals surface area contributed by atoms with Crippen LogP contribution in [0.3, 0.4) is 0 Å². The Morgan fingerprint density at radius 2 is 2.17 bits per heavy atom. The van der Waals surface area contributed by atoms with Crippen molar-refractivity contribution in [3.63, 3.8) is 0 Å². The Balaban J connectivity index is 2.86. The van der Waals surface area contributed by atoms with Gasteiger partial charge < -0.3 is 10.1 Å². The molecule has 0 spiro atoms. The molecule has 0 heterocycles. The van der Waals surface area contributed by atoms with E-state index in [1.165, 1.54) is 6.42 Å². The first-order valence-electron chi connectivity index (χ1n) is 4.52. The van der Waals surface area contributed by atoms with Crippen LogP contribution in [0.2, 0.25) is 0 Å². The summed E-state index contributed by atoms with van der Waals surface area (Å²) in [7, 11) is 0. The molecule has 3 nitrogen and oxygen atoms in total. The number of carbonyl (C=O) groups excluding carboxylic acids is 1. The minimum atomic E-state index is 0.616. The lowest BCUT2D eigenvalue weighted by molar-refractivity contribution is -0.109. The second-order valence-electron chi connectivity index (χ2n) is 3.22. The third-order valence-corrected chi connectivity index (χ3v) is 1.54. The van der Waals surface area contributed by atoms with Gasteiger partial charge >= 0.3 is 0 Å². The molecule has 0 radical (unpaired) electrons. The maximum Gasteiger partial charge on any atom is 0.207 e. The number of ether oxygens (including phenoxy) is 1. The molecule has 0 aliphatic carbocycles. The summed E-state index contributed by atoms with van der Waals surface area (Å²) in [5.74, 6) is 0.752. The van der Waals surface area contributed by atoms with Crippen molar-refractivity contribution in [2.45, 2.75) is 26.7 Å². The van der Waals surface area contributed by atoms with Crippen LogP contribution < -0.4 is 5.32 Å². The second kappa shape index (κ2) is 8.53. The van der Waals surface area contributed by atoms with Gasteiger partial charge in [-0.3, -0.25) is 4.79 Å². The normalized spacial score (nSPS) is 10.2. The summed E-state index contributed by atoms with van der Waals surface area (Å²) in [5.41, 5.74) is 0. The lowest BCUT2D eigenvalue weighted by Gasteiger charge is -2.05. The Bertz CT molecular complexity index is 105. The van der Waals surface area contributed by atoms with Crippen LogP contribution >= 0.6 is 0 Å². The van der Waals surface area contributed by atoms with E-state index in [4.69, 9.17) is 4.74 Å². The Morgan fingerprint density at radius 3 is 2.75 bits per heavy atom. The lowest BCUT2D eigenvalue weighted by atomic mass is 10.1. The standard InChI is InChI=1S/C9H19NO2/c1-9(2)4-3-6-12-7-5-10-8-11/h8-9H,3-7H2,1-2H3,(H,10,11). The molecule has 72 valence electrons. The van der Waals surface area contributed by atoms with E-state index in [9.17, 15) is 4.79 Å². The van der Waals surface area contributed by atoms with Crippen molar-refractivity contribution in [1.82, 2.24) is 5.32 Å². The number of nitrogens with one attached hydrogen (secondary N) is 1. The van der Waals surface area contributed by atoms with Crippen LogP contribution in [-0.4, -0.2) is 26.2 Å². The molecule has 1 N–H and O–H groups in total. The van der Waals surface area contributed by atoms with E-state index in [0.717, 1.165) is 18.9 Å². The number of rotatable bonds is 8. The van der Waals surface area contributed by atoms with Crippen molar-refractivity contribution in [3.05, 3.63) is 0 Å². The average molecular weight is 173 g/mol. The molecule has 0 atom stereocenters. The molecule has 1 amide bonds. The first-order valence-corrected chi connectivity index (χ1v) is 4.52. The highest BCUT2D eigenvalue weighted by Gasteiger charge is 1.93. The van der Waals surface area contributed by atoms with E-state index < -0.39 is 0 Å². The van der Waals surface area contributed by atoms with Gasteiger partial charge in [-0.2, -0.15) is 0 Å². The Morgan fingerprint density at radius 1 is 1.42 bits per heavy atom. The maximum atomic E-state index is 9.82. The third kappa shape index (κ3) is 9.43. The predicted molar refractivity (Wildman–Crippen MR) is 49.0 cm³/mol. The zero-order valence-corrected chi connectivity index (χ0v) is 8.01. The van der Waals surface area contributed by atoms with Gasteiger partial charge in [-0.15, -0.1) is 0 Å². The Hall–Kier alpha value is -0.570. The van der Waals surface area contributed by atoms with Crippen molar-refractivity contribution in [2.75, 3.05) is 19.8 Å². The number of carbonyl (C=O) groups is 1. The number of amides is 1. The highest BCUT2D eigenvalue weighted by Crippen LogP contribution is 2.02. The molecular formula is C9H19NO2. The summed E-state index contributed by atoms with van der Waals surface area (Å²) in [6.07, 6.45) is 3.01. The molecule has 0 aromatic carbocycles. The van der Waals surface area contributed by atoms with E-state index >= 15 is 0 Å². The van der Waals surface area contributed by atoms with Gasteiger partial charge in [0.15, 0.2) is 0 Å². The maximum absolute atomic E-state index is 9.82. The molecule has 0 saturated heterocycles. The molecule has 12 heavy (non-hydrogen) atoms. The van der Waals surface area contributed by atoms with Gasteiger partial charge in [0.25, 0.3) is 0 Å². The molecule has 0 aromatic heterocycles. The quantitative estimate of drug-likeness (QED) is 0.442. The zero-order chi connectivity index (χ0) is 9.23. The molecule has 0 aliphatic rings. The fraction of sp³-hybridized carbons (Fsp3) is 0.889. The smallest absolute Gasteiger partial charge is 0.207 e. The minimum absolute atomic E-state index is 0.616. The zero-order valence-electron chi connectivity index (χ0n) is 8.01. The van der Waals surface area contributed by atoms with Crippen molar-refractivity contribution >= 4 is 6.41 Å². The van der Waals surface area contributed by atoms with Gasteiger partial charge in [0.1, 0.15) is 0 Å². The molecule has 3 heteroatoms. The summed E-state index contributed by atoms with van der Waals surface area (Å²) in [6.45, 7) is 6.45. The first kappa shape index (κ1) is 11.4. The largest absolute Gasteiger partial charge is 0.380 e. The Kier molecular flexibility index (Phi) is 8.12. The van der Waals surface area contributed by atoms with Crippen LogP contribution in [0.1, 0.15) is 26.7 Å². The van der Waals surface area contributed by atoms with Gasteiger partial charge in [0.05, 0.1) is 6.61 Å². The van der Waals surface area contributed by atoms with Crippen LogP contribution in [0.5, 0.6) is 0 Å². The van der Waals surface area contributed by atoms with Crippen LogP contribution in [0.25, 0.3) is 0 Å². The summed E-state index contributed by atoms with van der Waals surface area (Å²) in [4.78, 5) is 9.82. The molecule has 0 aromatic rings. The predicted octanol–water partition coefficient (Wildman–Crippen LogP) is 1.19. The molecule has 0 rings (SSSR count). The lowest BCUT2D eigenvalue weighted by Crippen LogP contribution is -2.17. The van der Waals surface area contributed by atoms with Gasteiger partial charge in [-0.1, -0.05) is 13.8 Å². The molecule has 0 bridgehead atoms. The summed E-state index contributed by atoms with van der Waals surface area (Å²) in [6, 6.07) is 0. The van der Waals surface area contributed by atoms with Gasteiger partial charge in [-0.05, 0) is 18.8 Å². The summed E-state index contributed by atoms with van der Waals surface area (Å²) in [5, 5.41) is 2.54. The number of hydrogen-bond donors (Lipinski definition) is 1.